The van der Waals surface area contributed by atoms with Crippen molar-refractivity contribution in [1.82, 2.24) is 0 Å². The minimum absolute atomic E-state index is 0.233. The molecular formula is C27H25F3NO3. The van der Waals surface area contributed by atoms with Crippen molar-refractivity contribution >= 4 is 28.7 Å². The van der Waals surface area contributed by atoms with Gasteiger partial charge in [-0.2, -0.15) is 13.2 Å². The highest BCUT2D eigenvalue weighted by molar-refractivity contribution is 5.99. The predicted molar refractivity (Wildman–Crippen MR) is 124 cm³/mol. The lowest BCUT2D eigenvalue weighted by Gasteiger charge is -2.31. The van der Waals surface area contributed by atoms with E-state index in [0.29, 0.717) is 11.3 Å². The Morgan fingerprint density at radius 3 is 2.35 bits per heavy atom. The largest absolute Gasteiger partial charge is 0.416 e. The molecule has 0 bridgehead atoms. The first-order valence-corrected chi connectivity index (χ1v) is 11.0. The SMILES string of the molecule is CC(C)(C)CN1C(=O)[C@H](C[C]=O)O[C@@H](c2cccc3ccccc23)c2cc(C(F)(F)F)ccc21. The van der Waals surface area contributed by atoms with Gasteiger partial charge in [0.05, 0.1) is 5.56 Å². The standard InChI is InChI=1S/C27H25F3NO3/c1-26(2,3)16-31-22-12-11-18(27(28,29)30)15-21(22)24(34-23(13-14-32)25(31)33)20-10-6-8-17-7-4-5-9-19(17)20/h4-12,15,23-24H,13,16H2,1-3H3/t23-,24-/m0/s1. The molecule has 0 unspecified atom stereocenters. The minimum Gasteiger partial charge on any atom is -0.355 e. The molecule has 0 spiro atoms. The second-order valence-electron chi connectivity index (χ2n) is 9.68. The maximum absolute atomic E-state index is 13.7. The average molecular weight is 468 g/mol. The lowest BCUT2D eigenvalue weighted by atomic mass is 9.92. The van der Waals surface area contributed by atoms with Gasteiger partial charge in [0, 0.05) is 24.2 Å². The fraction of sp³-hybridized carbons (Fsp3) is 0.333. The maximum atomic E-state index is 13.7. The first-order chi connectivity index (χ1) is 16.0. The lowest BCUT2D eigenvalue weighted by Crippen LogP contribution is -2.43. The van der Waals surface area contributed by atoms with Crippen LogP contribution < -0.4 is 4.90 Å². The van der Waals surface area contributed by atoms with Crippen molar-refractivity contribution in [3.63, 3.8) is 0 Å². The van der Waals surface area contributed by atoms with Gasteiger partial charge >= 0.3 is 6.18 Å². The molecule has 1 radical (unpaired) electrons. The van der Waals surface area contributed by atoms with E-state index in [1.807, 2.05) is 51.1 Å². The Bertz CT molecular complexity index is 1220. The summed E-state index contributed by atoms with van der Waals surface area (Å²) in [6, 6.07) is 16.3. The summed E-state index contributed by atoms with van der Waals surface area (Å²) in [5, 5.41) is 1.68. The highest BCUT2D eigenvalue weighted by atomic mass is 19.4. The summed E-state index contributed by atoms with van der Waals surface area (Å²) in [5.74, 6) is -0.470. The molecule has 0 saturated carbocycles. The monoisotopic (exact) mass is 468 g/mol. The van der Waals surface area contributed by atoms with Gasteiger partial charge in [0.1, 0.15) is 12.2 Å². The number of nitrogens with zero attached hydrogens (tertiary/aromatic N) is 1. The number of amides is 1. The number of benzene rings is 3. The highest BCUT2D eigenvalue weighted by Gasteiger charge is 2.40. The average Bonchev–Trinajstić information content (AvgIpc) is 2.88. The molecule has 1 amide bonds. The number of alkyl halides is 3. The van der Waals surface area contributed by atoms with Crippen molar-refractivity contribution in [1.29, 1.82) is 0 Å². The van der Waals surface area contributed by atoms with Gasteiger partial charge in [-0.3, -0.25) is 9.59 Å². The molecular weight excluding hydrogens is 443 g/mol. The molecule has 2 atom stereocenters. The molecule has 0 aliphatic carbocycles. The smallest absolute Gasteiger partial charge is 0.355 e. The number of anilines is 1. The number of rotatable bonds is 4. The van der Waals surface area contributed by atoms with Gasteiger partial charge in [0.2, 0.25) is 6.29 Å². The van der Waals surface area contributed by atoms with Crippen molar-refractivity contribution in [2.24, 2.45) is 5.41 Å². The number of ether oxygens (including phenoxy) is 1. The molecule has 1 aliphatic rings. The molecule has 1 aliphatic heterocycles. The highest BCUT2D eigenvalue weighted by Crippen LogP contribution is 2.44. The Hall–Kier alpha value is -3.19. The number of hydrogen-bond acceptors (Lipinski definition) is 3. The van der Waals surface area contributed by atoms with Crippen LogP contribution in [0.25, 0.3) is 10.8 Å². The molecule has 3 aromatic carbocycles. The molecule has 3 aromatic rings. The topological polar surface area (TPSA) is 46.6 Å². The van der Waals surface area contributed by atoms with Crippen LogP contribution in [0.15, 0.2) is 60.7 Å². The van der Waals surface area contributed by atoms with Gasteiger partial charge in [0.15, 0.2) is 0 Å². The Balaban J connectivity index is 2.00. The molecule has 1 heterocycles. The van der Waals surface area contributed by atoms with E-state index in [9.17, 15) is 22.8 Å². The summed E-state index contributed by atoms with van der Waals surface area (Å²) >= 11 is 0. The van der Waals surface area contributed by atoms with Crippen LogP contribution in [0.4, 0.5) is 18.9 Å². The van der Waals surface area contributed by atoms with E-state index in [1.165, 1.54) is 11.0 Å². The van der Waals surface area contributed by atoms with E-state index >= 15 is 0 Å². The van der Waals surface area contributed by atoms with Crippen molar-refractivity contribution in [3.8, 4) is 0 Å². The zero-order chi connectivity index (χ0) is 24.7. The second kappa shape index (κ2) is 8.87. The van der Waals surface area contributed by atoms with Gasteiger partial charge in [-0.15, -0.1) is 0 Å². The van der Waals surface area contributed by atoms with E-state index < -0.39 is 29.9 Å². The maximum Gasteiger partial charge on any atom is 0.416 e. The number of halogens is 3. The van der Waals surface area contributed by atoms with Crippen LogP contribution in [0, 0.1) is 5.41 Å². The van der Waals surface area contributed by atoms with Gasteiger partial charge in [-0.1, -0.05) is 63.2 Å². The van der Waals surface area contributed by atoms with Crippen LogP contribution in [0.5, 0.6) is 0 Å². The predicted octanol–water partition coefficient (Wildman–Crippen LogP) is 6.23. The third-order valence-corrected chi connectivity index (χ3v) is 5.78. The summed E-state index contributed by atoms with van der Waals surface area (Å²) < 4.78 is 47.3. The van der Waals surface area contributed by atoms with Gasteiger partial charge in [0.25, 0.3) is 5.91 Å². The molecule has 7 heteroatoms. The van der Waals surface area contributed by atoms with Crippen LogP contribution in [-0.4, -0.2) is 24.8 Å². The van der Waals surface area contributed by atoms with Gasteiger partial charge < -0.3 is 9.64 Å². The molecule has 0 saturated heterocycles. The van der Waals surface area contributed by atoms with Gasteiger partial charge in [-0.25, -0.2) is 0 Å². The first kappa shape index (κ1) is 24.0. The Kier molecular flexibility index (Phi) is 6.25. The lowest BCUT2D eigenvalue weighted by molar-refractivity contribution is -0.138. The van der Waals surface area contributed by atoms with Crippen LogP contribution in [-0.2, 0) is 20.5 Å². The summed E-state index contributed by atoms with van der Waals surface area (Å²) in [6.45, 7) is 6.03. The number of carbonyl (C=O) groups excluding carboxylic acids is 2. The molecule has 0 fully saturated rings. The van der Waals surface area contributed by atoms with Crippen molar-refractivity contribution in [2.75, 3.05) is 11.4 Å². The zero-order valence-corrected chi connectivity index (χ0v) is 19.1. The quantitative estimate of drug-likeness (QED) is 0.456. The zero-order valence-electron chi connectivity index (χ0n) is 19.1. The Morgan fingerprint density at radius 1 is 0.971 bits per heavy atom. The van der Waals surface area contributed by atoms with Crippen LogP contribution in [0.1, 0.15) is 50.0 Å². The molecule has 34 heavy (non-hydrogen) atoms. The fourth-order valence-electron chi connectivity index (χ4n) is 4.34. The van der Waals surface area contributed by atoms with E-state index in [1.54, 1.807) is 18.4 Å². The van der Waals surface area contributed by atoms with E-state index in [-0.39, 0.29) is 23.9 Å². The Labute approximate surface area is 196 Å². The number of carbonyl (C=O) groups is 1. The second-order valence-corrected chi connectivity index (χ2v) is 9.68. The molecule has 0 N–H and O–H groups in total. The van der Waals surface area contributed by atoms with Crippen molar-refractivity contribution in [3.05, 3.63) is 77.4 Å². The third kappa shape index (κ3) is 4.71. The fourth-order valence-corrected chi connectivity index (χ4v) is 4.34. The van der Waals surface area contributed by atoms with Gasteiger partial charge in [-0.05, 0) is 39.9 Å². The van der Waals surface area contributed by atoms with Crippen molar-refractivity contribution < 1.29 is 27.5 Å². The van der Waals surface area contributed by atoms with E-state index in [4.69, 9.17) is 4.74 Å². The normalized spacial score (nSPS) is 19.1. The minimum atomic E-state index is -4.57. The molecule has 0 aromatic heterocycles. The van der Waals surface area contributed by atoms with Crippen LogP contribution >= 0.6 is 0 Å². The third-order valence-electron chi connectivity index (χ3n) is 5.78. The summed E-state index contributed by atoms with van der Waals surface area (Å²) in [5.41, 5.74) is 0.0183. The van der Waals surface area contributed by atoms with Crippen LogP contribution in [0.3, 0.4) is 0 Å². The number of fused-ring (bicyclic) bond motifs is 2. The number of hydrogen-bond donors (Lipinski definition) is 0. The van der Waals surface area contributed by atoms with E-state index in [2.05, 4.69) is 0 Å². The Morgan fingerprint density at radius 2 is 1.68 bits per heavy atom. The summed E-state index contributed by atoms with van der Waals surface area (Å²) in [6.07, 6.45) is -5.31. The molecule has 4 rings (SSSR count). The van der Waals surface area contributed by atoms with E-state index in [0.717, 1.165) is 22.9 Å². The molecule has 177 valence electrons. The first-order valence-electron chi connectivity index (χ1n) is 11.0. The molecule has 4 nitrogen and oxygen atoms in total. The van der Waals surface area contributed by atoms with Crippen LogP contribution in [0.2, 0.25) is 0 Å². The van der Waals surface area contributed by atoms with Crippen molar-refractivity contribution in [2.45, 2.75) is 45.6 Å². The summed E-state index contributed by atoms with van der Waals surface area (Å²) in [4.78, 5) is 26.3. The summed E-state index contributed by atoms with van der Waals surface area (Å²) in [7, 11) is 0.